The predicted octanol–water partition coefficient (Wildman–Crippen LogP) is 4.75. The molecule has 5 nitrogen and oxygen atoms in total. The zero-order valence-corrected chi connectivity index (χ0v) is 18.2. The lowest BCUT2D eigenvalue weighted by Crippen LogP contribution is -2.39. The number of carbonyl (C=O) groups is 1. The molecule has 0 radical (unpaired) electrons. The molecule has 1 amide bonds. The Balaban J connectivity index is 1.54. The molecule has 0 bridgehead atoms. The number of nitrogens with zero attached hydrogens (tertiary/aromatic N) is 1. The third-order valence-electron chi connectivity index (χ3n) is 5.90. The average molecular weight is 417 g/mol. The van der Waals surface area contributed by atoms with Crippen LogP contribution in [0.15, 0.2) is 72.8 Å². The minimum absolute atomic E-state index is 0.0420. The van der Waals surface area contributed by atoms with E-state index in [2.05, 4.69) is 24.4 Å². The van der Waals surface area contributed by atoms with Gasteiger partial charge in [0, 0.05) is 17.7 Å². The molecular weight excluding hydrogens is 388 g/mol. The fraction of sp³-hybridized carbons (Fsp3) is 0.269. The third kappa shape index (κ3) is 4.14. The Kier molecular flexibility index (Phi) is 6.23. The second-order valence-electron chi connectivity index (χ2n) is 7.68. The molecule has 3 aromatic carbocycles. The van der Waals surface area contributed by atoms with Gasteiger partial charge in [0.2, 0.25) is 0 Å². The van der Waals surface area contributed by atoms with Gasteiger partial charge in [-0.15, -0.1) is 0 Å². The lowest BCUT2D eigenvalue weighted by atomic mass is 10.1. The molecule has 4 rings (SSSR count). The summed E-state index contributed by atoms with van der Waals surface area (Å²) in [5.74, 6) is 1.51. The number of fused-ring (bicyclic) bond motifs is 1. The van der Waals surface area contributed by atoms with Crippen LogP contribution in [0.25, 0.3) is 0 Å². The third-order valence-corrected chi connectivity index (χ3v) is 5.90. The van der Waals surface area contributed by atoms with Crippen molar-refractivity contribution in [2.24, 2.45) is 0 Å². The van der Waals surface area contributed by atoms with Crippen molar-refractivity contribution in [2.45, 2.75) is 25.6 Å². The topological polar surface area (TPSA) is 50.8 Å². The smallest absolute Gasteiger partial charge is 0.256 e. The predicted molar refractivity (Wildman–Crippen MR) is 121 cm³/mol. The van der Waals surface area contributed by atoms with Crippen LogP contribution in [0, 0.1) is 0 Å². The molecule has 0 fully saturated rings. The van der Waals surface area contributed by atoms with Crippen LogP contribution >= 0.6 is 0 Å². The number of ether oxygens (including phenoxy) is 2. The van der Waals surface area contributed by atoms with Crippen molar-refractivity contribution in [2.75, 3.05) is 20.8 Å². The molecule has 0 spiro atoms. The van der Waals surface area contributed by atoms with Crippen LogP contribution in [0.3, 0.4) is 0 Å². The number of methoxy groups -OCH3 is 2. The van der Waals surface area contributed by atoms with Crippen LogP contribution in [0.5, 0.6) is 11.5 Å². The molecule has 0 aliphatic carbocycles. The molecule has 0 aromatic heterocycles. The van der Waals surface area contributed by atoms with Gasteiger partial charge in [-0.05, 0) is 42.7 Å². The van der Waals surface area contributed by atoms with Crippen molar-refractivity contribution in [3.63, 3.8) is 0 Å². The van der Waals surface area contributed by atoms with Crippen molar-refractivity contribution in [3.05, 3.63) is 95.1 Å². The molecule has 160 valence electrons. The summed E-state index contributed by atoms with van der Waals surface area (Å²) in [4.78, 5) is 15.2. The van der Waals surface area contributed by atoms with E-state index in [9.17, 15) is 4.79 Å². The van der Waals surface area contributed by atoms with Crippen molar-refractivity contribution < 1.29 is 14.3 Å². The van der Waals surface area contributed by atoms with Crippen molar-refractivity contribution in [1.29, 1.82) is 0 Å². The molecule has 0 saturated heterocycles. The SMILES string of the molecule is COc1ccc(CCNC2c3ccccc3C(=O)N2C(C)c2ccccc2)cc1OC. The second kappa shape index (κ2) is 9.23. The van der Waals surface area contributed by atoms with Gasteiger partial charge in [-0.3, -0.25) is 10.1 Å². The molecule has 31 heavy (non-hydrogen) atoms. The molecule has 3 aromatic rings. The number of hydrogen-bond acceptors (Lipinski definition) is 4. The van der Waals surface area contributed by atoms with Crippen molar-refractivity contribution in [1.82, 2.24) is 10.2 Å². The van der Waals surface area contributed by atoms with E-state index in [1.807, 2.05) is 65.6 Å². The Morgan fingerprint density at radius 1 is 0.935 bits per heavy atom. The summed E-state index contributed by atoms with van der Waals surface area (Å²) in [6.07, 6.45) is 0.639. The van der Waals surface area contributed by atoms with Gasteiger partial charge in [-0.2, -0.15) is 0 Å². The average Bonchev–Trinajstić information content (AvgIpc) is 3.10. The van der Waals surface area contributed by atoms with E-state index in [4.69, 9.17) is 9.47 Å². The summed E-state index contributed by atoms with van der Waals surface area (Å²) < 4.78 is 10.7. The number of benzene rings is 3. The van der Waals surface area contributed by atoms with Gasteiger partial charge in [0.15, 0.2) is 11.5 Å². The summed E-state index contributed by atoms with van der Waals surface area (Å²) in [5.41, 5.74) is 4.07. The van der Waals surface area contributed by atoms with Gasteiger partial charge in [0.1, 0.15) is 6.17 Å². The fourth-order valence-electron chi connectivity index (χ4n) is 4.23. The van der Waals surface area contributed by atoms with Crippen LogP contribution in [-0.2, 0) is 6.42 Å². The Labute approximate surface area is 183 Å². The van der Waals surface area contributed by atoms with Crippen molar-refractivity contribution >= 4 is 5.91 Å². The molecule has 2 unspecified atom stereocenters. The van der Waals surface area contributed by atoms with Crippen LogP contribution in [0.4, 0.5) is 0 Å². The number of rotatable bonds is 8. The van der Waals surface area contributed by atoms with Crippen LogP contribution in [-0.4, -0.2) is 31.6 Å². The molecule has 1 aliphatic heterocycles. The van der Waals surface area contributed by atoms with Gasteiger partial charge in [0.25, 0.3) is 5.91 Å². The second-order valence-corrected chi connectivity index (χ2v) is 7.68. The Morgan fingerprint density at radius 3 is 2.39 bits per heavy atom. The highest BCUT2D eigenvalue weighted by Crippen LogP contribution is 2.38. The summed E-state index contributed by atoms with van der Waals surface area (Å²) in [6, 6.07) is 24.0. The largest absolute Gasteiger partial charge is 0.493 e. The summed E-state index contributed by atoms with van der Waals surface area (Å²) >= 11 is 0. The van der Waals surface area contributed by atoms with E-state index >= 15 is 0 Å². The van der Waals surface area contributed by atoms with E-state index in [0.29, 0.717) is 0 Å². The molecule has 5 heteroatoms. The maximum absolute atomic E-state index is 13.3. The molecule has 1 aliphatic rings. The number of amides is 1. The monoisotopic (exact) mass is 416 g/mol. The van der Waals surface area contributed by atoms with Crippen LogP contribution in [0.1, 0.15) is 46.2 Å². The zero-order valence-electron chi connectivity index (χ0n) is 18.2. The molecule has 0 saturated carbocycles. The molecule has 1 N–H and O–H groups in total. The highest BCUT2D eigenvalue weighted by Gasteiger charge is 2.39. The van der Waals surface area contributed by atoms with Gasteiger partial charge >= 0.3 is 0 Å². The quantitative estimate of drug-likeness (QED) is 0.576. The fourth-order valence-corrected chi connectivity index (χ4v) is 4.23. The lowest BCUT2D eigenvalue weighted by molar-refractivity contribution is 0.0603. The van der Waals surface area contributed by atoms with E-state index in [1.54, 1.807) is 14.2 Å². The highest BCUT2D eigenvalue weighted by molar-refractivity contribution is 5.99. The van der Waals surface area contributed by atoms with Crippen molar-refractivity contribution in [3.8, 4) is 11.5 Å². The minimum Gasteiger partial charge on any atom is -0.493 e. The first-order valence-electron chi connectivity index (χ1n) is 10.5. The van der Waals surface area contributed by atoms with Crippen LogP contribution in [0.2, 0.25) is 0 Å². The maximum Gasteiger partial charge on any atom is 0.256 e. The number of carbonyl (C=O) groups excluding carboxylic acids is 1. The summed E-state index contributed by atoms with van der Waals surface area (Å²) in [6.45, 7) is 2.81. The molecular formula is C26H28N2O3. The number of hydrogen-bond donors (Lipinski definition) is 1. The Bertz CT molecular complexity index is 1050. The van der Waals surface area contributed by atoms with E-state index in [0.717, 1.165) is 46.7 Å². The van der Waals surface area contributed by atoms with E-state index in [1.165, 1.54) is 0 Å². The first-order chi connectivity index (χ1) is 15.1. The Morgan fingerprint density at radius 2 is 1.65 bits per heavy atom. The number of nitrogens with one attached hydrogen (secondary N) is 1. The highest BCUT2D eigenvalue weighted by atomic mass is 16.5. The first-order valence-corrected chi connectivity index (χ1v) is 10.5. The standard InChI is InChI=1S/C26H28N2O3/c1-18(20-9-5-4-6-10-20)28-25(21-11-7-8-12-22(21)26(28)29)27-16-15-19-13-14-23(30-2)24(17-19)31-3/h4-14,17-18,25,27H,15-16H2,1-3H3. The lowest BCUT2D eigenvalue weighted by Gasteiger charge is -2.32. The zero-order chi connectivity index (χ0) is 21.8. The van der Waals surface area contributed by atoms with Gasteiger partial charge in [0.05, 0.1) is 20.3 Å². The summed E-state index contributed by atoms with van der Waals surface area (Å²) in [7, 11) is 3.28. The van der Waals surface area contributed by atoms with Gasteiger partial charge in [-0.1, -0.05) is 54.6 Å². The maximum atomic E-state index is 13.3. The van der Waals surface area contributed by atoms with Gasteiger partial charge < -0.3 is 14.4 Å². The van der Waals surface area contributed by atoms with E-state index in [-0.39, 0.29) is 18.1 Å². The molecule has 2 atom stereocenters. The van der Waals surface area contributed by atoms with E-state index < -0.39 is 0 Å². The van der Waals surface area contributed by atoms with Crippen LogP contribution < -0.4 is 14.8 Å². The first kappa shape index (κ1) is 20.9. The molecule has 1 heterocycles. The normalized spacial score (nSPS) is 16.2. The minimum atomic E-state index is -0.168. The Hall–Kier alpha value is -3.31. The van der Waals surface area contributed by atoms with Gasteiger partial charge in [-0.25, -0.2) is 0 Å². The summed E-state index contributed by atoms with van der Waals surface area (Å²) in [5, 5.41) is 3.62.